The molecule has 0 amide bonds. The molecular formula is C4H13ClNa2O. The number of hydrogen-bond donors (Lipinski definition) is 1. The molecule has 0 heterocycles. The van der Waals surface area contributed by atoms with Crippen LogP contribution in [0.1, 0.15) is 22.6 Å². The second-order valence-corrected chi connectivity index (χ2v) is 1.08. The van der Waals surface area contributed by atoms with Crippen molar-refractivity contribution in [3.63, 3.8) is 0 Å². The van der Waals surface area contributed by atoms with Gasteiger partial charge in [0.1, 0.15) is 0 Å². The molecule has 0 bridgehead atoms. The zero-order chi connectivity index (χ0) is 4.12. The zero-order valence-corrected chi connectivity index (χ0v) is 10.8. The summed E-state index contributed by atoms with van der Waals surface area (Å²) in [5, 5.41) is 8.07. The molecule has 0 spiro atoms. The molecule has 44 valence electrons. The van der Waals surface area contributed by atoms with Gasteiger partial charge in [0.05, 0.1) is 0 Å². The van der Waals surface area contributed by atoms with Crippen LogP contribution in [0.2, 0.25) is 0 Å². The van der Waals surface area contributed by atoms with Crippen molar-refractivity contribution < 1.29 is 67.1 Å². The second-order valence-electron chi connectivity index (χ2n) is 1.08. The first-order valence-electron chi connectivity index (χ1n) is 2.02. The minimum absolute atomic E-state index is 0. The van der Waals surface area contributed by atoms with E-state index in [0.717, 1.165) is 12.8 Å². The van der Waals surface area contributed by atoms with Gasteiger partial charge in [-0.05, 0) is 6.42 Å². The van der Waals surface area contributed by atoms with Crippen molar-refractivity contribution in [2.24, 2.45) is 0 Å². The molecule has 0 aromatic carbocycles. The number of aliphatic hydroxyl groups excluding tert-OH is 1. The molecule has 8 heavy (non-hydrogen) atoms. The normalized spacial score (nSPS) is 5.25. The first kappa shape index (κ1) is 22.5. The third kappa shape index (κ3) is 24.0. The van der Waals surface area contributed by atoms with Gasteiger partial charge < -0.3 is 7.96 Å². The topological polar surface area (TPSA) is 20.2 Å². The molecule has 0 aliphatic carbocycles. The second kappa shape index (κ2) is 22.8. The van der Waals surface area contributed by atoms with Crippen molar-refractivity contribution in [2.45, 2.75) is 19.8 Å². The molecule has 0 rings (SSSR count). The molecule has 0 saturated carbocycles. The van der Waals surface area contributed by atoms with E-state index in [0.29, 0.717) is 6.61 Å². The molecule has 1 nitrogen and oxygen atoms in total. The number of halogens is 1. The zero-order valence-electron chi connectivity index (χ0n) is 7.98. The maximum Gasteiger partial charge on any atom is 1.00 e. The Morgan fingerprint density at radius 2 is 1.75 bits per heavy atom. The summed E-state index contributed by atoms with van der Waals surface area (Å²) >= 11 is 0. The molecular weight excluding hydrogens is 145 g/mol. The SMILES string of the molecule is CCCCO.Cl.[H-].[H-].[Na+].[Na+]. The van der Waals surface area contributed by atoms with Gasteiger partial charge >= 0.3 is 59.1 Å². The molecule has 0 radical (unpaired) electrons. The predicted octanol–water partition coefficient (Wildman–Crippen LogP) is -4.57. The van der Waals surface area contributed by atoms with Crippen LogP contribution in [-0.2, 0) is 0 Å². The van der Waals surface area contributed by atoms with E-state index >= 15 is 0 Å². The largest absolute Gasteiger partial charge is 1.00 e. The third-order valence-electron chi connectivity index (χ3n) is 0.512. The van der Waals surface area contributed by atoms with Crippen LogP contribution >= 0.6 is 12.4 Å². The molecule has 0 aromatic heterocycles. The Morgan fingerprint density at radius 1 is 1.38 bits per heavy atom. The van der Waals surface area contributed by atoms with Crippen molar-refractivity contribution in [3.8, 4) is 0 Å². The maximum atomic E-state index is 8.07. The Kier molecular flexibility index (Phi) is 64.1. The van der Waals surface area contributed by atoms with E-state index < -0.39 is 0 Å². The van der Waals surface area contributed by atoms with Crippen LogP contribution in [0.15, 0.2) is 0 Å². The first-order chi connectivity index (χ1) is 2.41. The van der Waals surface area contributed by atoms with Gasteiger partial charge in [-0.2, -0.15) is 0 Å². The number of rotatable bonds is 2. The minimum Gasteiger partial charge on any atom is -1.00 e. The van der Waals surface area contributed by atoms with E-state index in [-0.39, 0.29) is 74.4 Å². The molecule has 1 N–H and O–H groups in total. The monoisotopic (exact) mass is 158 g/mol. The van der Waals surface area contributed by atoms with Gasteiger partial charge in [-0.1, -0.05) is 13.3 Å². The molecule has 0 aliphatic heterocycles. The predicted molar refractivity (Wildman–Crippen MR) is 31.5 cm³/mol. The Labute approximate surface area is 105 Å². The Hall–Kier alpha value is 2.25. The first-order valence-corrected chi connectivity index (χ1v) is 2.02. The van der Waals surface area contributed by atoms with Crippen molar-refractivity contribution in [3.05, 3.63) is 0 Å². The summed E-state index contributed by atoms with van der Waals surface area (Å²) in [6.45, 7) is 2.40. The third-order valence-corrected chi connectivity index (χ3v) is 0.512. The molecule has 0 saturated heterocycles. The van der Waals surface area contributed by atoms with E-state index in [9.17, 15) is 0 Å². The van der Waals surface area contributed by atoms with Crippen LogP contribution in [0.3, 0.4) is 0 Å². The van der Waals surface area contributed by atoms with Crippen LogP contribution in [-0.4, -0.2) is 11.7 Å². The van der Waals surface area contributed by atoms with E-state index in [1.54, 1.807) is 0 Å². The fourth-order valence-electron chi connectivity index (χ4n) is 0.158. The molecule has 0 unspecified atom stereocenters. The van der Waals surface area contributed by atoms with Gasteiger partial charge in [0, 0.05) is 6.61 Å². The van der Waals surface area contributed by atoms with E-state index in [4.69, 9.17) is 5.11 Å². The van der Waals surface area contributed by atoms with Gasteiger partial charge in [-0.15, -0.1) is 12.4 Å². The summed E-state index contributed by atoms with van der Waals surface area (Å²) in [4.78, 5) is 0. The van der Waals surface area contributed by atoms with Crippen molar-refractivity contribution in [2.75, 3.05) is 6.61 Å². The maximum absolute atomic E-state index is 8.07. The number of unbranched alkanes of at least 4 members (excludes halogenated alkanes) is 1. The van der Waals surface area contributed by atoms with Crippen molar-refractivity contribution >= 4 is 12.4 Å². The molecule has 0 aliphatic rings. The van der Waals surface area contributed by atoms with Crippen LogP contribution in [0.5, 0.6) is 0 Å². The quantitative estimate of drug-likeness (QED) is 0.402. The summed E-state index contributed by atoms with van der Waals surface area (Å²) in [6, 6.07) is 0. The average Bonchev–Trinajstić information content (AvgIpc) is 1.41. The number of hydrogen-bond acceptors (Lipinski definition) is 1. The summed E-state index contributed by atoms with van der Waals surface area (Å²) < 4.78 is 0. The van der Waals surface area contributed by atoms with E-state index in [2.05, 4.69) is 6.92 Å². The summed E-state index contributed by atoms with van der Waals surface area (Å²) in [5.74, 6) is 0. The van der Waals surface area contributed by atoms with E-state index in [1.165, 1.54) is 0 Å². The van der Waals surface area contributed by atoms with Crippen LogP contribution < -0.4 is 59.1 Å². The minimum atomic E-state index is 0. The molecule has 0 fully saturated rings. The van der Waals surface area contributed by atoms with Crippen molar-refractivity contribution in [1.29, 1.82) is 0 Å². The van der Waals surface area contributed by atoms with Gasteiger partial charge in [-0.25, -0.2) is 0 Å². The van der Waals surface area contributed by atoms with Gasteiger partial charge in [0.2, 0.25) is 0 Å². The van der Waals surface area contributed by atoms with Crippen molar-refractivity contribution in [1.82, 2.24) is 0 Å². The fourth-order valence-corrected chi connectivity index (χ4v) is 0.158. The van der Waals surface area contributed by atoms with Gasteiger partial charge in [0.15, 0.2) is 0 Å². The molecule has 0 atom stereocenters. The number of aliphatic hydroxyl groups is 1. The van der Waals surface area contributed by atoms with Gasteiger partial charge in [0.25, 0.3) is 0 Å². The standard InChI is InChI=1S/C4H10O.ClH.2Na.2H/c1-2-3-4-5;;;;;/h5H,2-4H2,1H3;1H;;;;/q;;2*+1;2*-1. The summed E-state index contributed by atoms with van der Waals surface area (Å²) in [7, 11) is 0. The molecule has 4 heteroatoms. The van der Waals surface area contributed by atoms with E-state index in [1.807, 2.05) is 0 Å². The Bertz CT molecular complexity index is 28.7. The Balaban J connectivity index is -0.00000000800. The van der Waals surface area contributed by atoms with Crippen LogP contribution in [0.25, 0.3) is 0 Å². The van der Waals surface area contributed by atoms with Crippen LogP contribution in [0.4, 0.5) is 0 Å². The fraction of sp³-hybridized carbons (Fsp3) is 1.00. The summed E-state index contributed by atoms with van der Waals surface area (Å²) in [5.41, 5.74) is 0. The van der Waals surface area contributed by atoms with Gasteiger partial charge in [-0.3, -0.25) is 0 Å². The molecule has 0 aromatic rings. The Morgan fingerprint density at radius 3 is 1.75 bits per heavy atom. The summed E-state index contributed by atoms with van der Waals surface area (Å²) in [6.07, 6.45) is 2.04. The smallest absolute Gasteiger partial charge is 1.00 e. The van der Waals surface area contributed by atoms with Crippen LogP contribution in [0, 0.1) is 0 Å². The average molecular weight is 159 g/mol.